The van der Waals surface area contributed by atoms with Gasteiger partial charge in [-0.2, -0.15) is 0 Å². The number of hydrogen-bond acceptors (Lipinski definition) is 4. The number of aromatic nitrogens is 3. The Morgan fingerprint density at radius 2 is 1.79 bits per heavy atom. The number of hydrogen-bond donors (Lipinski definition) is 2. The van der Waals surface area contributed by atoms with Crippen LogP contribution in [0.15, 0.2) is 65.6 Å². The largest absolute Gasteiger partial charge is 0.350 e. The first kappa shape index (κ1) is 21.6. The molecule has 8 heteroatoms. The Hall–Kier alpha value is -4.20. The predicted octanol–water partition coefficient (Wildman–Crippen LogP) is 2.86. The first-order valence-corrected chi connectivity index (χ1v) is 11.3. The lowest BCUT2D eigenvalue weighted by molar-refractivity contribution is -0.117. The van der Waals surface area contributed by atoms with E-state index in [9.17, 15) is 14.4 Å². The molecule has 0 bridgehead atoms. The first-order valence-electron chi connectivity index (χ1n) is 11.3. The van der Waals surface area contributed by atoms with E-state index in [1.807, 2.05) is 49.4 Å². The zero-order chi connectivity index (χ0) is 23.7. The second-order valence-electron chi connectivity index (χ2n) is 8.64. The minimum atomic E-state index is -0.479. The molecular formula is C26H25N5O3. The molecule has 0 atom stereocenters. The minimum Gasteiger partial charge on any atom is -0.348 e. The molecule has 172 valence electrons. The molecule has 1 aliphatic carbocycles. The van der Waals surface area contributed by atoms with Crippen molar-refractivity contribution in [3.63, 3.8) is 0 Å². The van der Waals surface area contributed by atoms with E-state index in [1.165, 1.54) is 21.7 Å². The van der Waals surface area contributed by atoms with E-state index < -0.39 is 5.69 Å². The van der Waals surface area contributed by atoms with E-state index in [-0.39, 0.29) is 18.4 Å². The average Bonchev–Trinajstić information content (AvgIpc) is 3.42. The highest BCUT2D eigenvalue weighted by molar-refractivity contribution is 5.94. The number of nitrogens with zero attached hydrogens (tertiary/aromatic N) is 3. The molecule has 0 fully saturated rings. The van der Waals surface area contributed by atoms with E-state index in [1.54, 1.807) is 12.1 Å². The number of carbonyl (C=O) groups excluding carboxylic acids is 2. The lowest BCUT2D eigenvalue weighted by Crippen LogP contribution is -2.28. The zero-order valence-corrected chi connectivity index (χ0v) is 18.9. The van der Waals surface area contributed by atoms with Crippen LogP contribution in [0.1, 0.15) is 39.0 Å². The summed E-state index contributed by atoms with van der Waals surface area (Å²) in [6.45, 7) is 2.17. The van der Waals surface area contributed by atoms with Crippen LogP contribution in [0, 0.1) is 6.92 Å². The number of pyridine rings is 1. The van der Waals surface area contributed by atoms with Crippen LogP contribution in [0.4, 0.5) is 5.69 Å². The molecule has 2 N–H and O–H groups in total. The monoisotopic (exact) mass is 455 g/mol. The van der Waals surface area contributed by atoms with Crippen molar-refractivity contribution in [1.82, 2.24) is 19.5 Å². The molecule has 0 spiro atoms. The summed E-state index contributed by atoms with van der Waals surface area (Å²) >= 11 is 0. The second kappa shape index (κ2) is 8.97. The molecule has 0 saturated carbocycles. The number of aryl methyl sites for hydroxylation is 3. The van der Waals surface area contributed by atoms with Crippen LogP contribution >= 0.6 is 0 Å². The fourth-order valence-corrected chi connectivity index (χ4v) is 4.23. The minimum absolute atomic E-state index is 0.216. The van der Waals surface area contributed by atoms with Gasteiger partial charge in [0.05, 0.1) is 5.56 Å². The van der Waals surface area contributed by atoms with Gasteiger partial charge in [0.1, 0.15) is 6.54 Å². The maximum atomic E-state index is 12.8. The average molecular weight is 456 g/mol. The van der Waals surface area contributed by atoms with Gasteiger partial charge < -0.3 is 10.6 Å². The van der Waals surface area contributed by atoms with E-state index >= 15 is 0 Å². The van der Waals surface area contributed by atoms with Crippen LogP contribution < -0.4 is 16.3 Å². The highest BCUT2D eigenvalue weighted by Crippen LogP contribution is 2.24. The molecule has 0 unspecified atom stereocenters. The highest BCUT2D eigenvalue weighted by Gasteiger charge is 2.15. The normalized spacial score (nSPS) is 12.5. The van der Waals surface area contributed by atoms with Gasteiger partial charge in [0.25, 0.3) is 5.91 Å². The maximum Gasteiger partial charge on any atom is 0.350 e. The molecule has 5 rings (SSSR count). The Morgan fingerprint density at radius 1 is 1.00 bits per heavy atom. The molecule has 4 aromatic rings. The van der Waals surface area contributed by atoms with Gasteiger partial charge in [-0.1, -0.05) is 35.9 Å². The number of benzene rings is 2. The van der Waals surface area contributed by atoms with E-state index in [0.29, 0.717) is 17.8 Å². The number of nitrogens with one attached hydrogen (secondary N) is 2. The Kier molecular flexibility index (Phi) is 5.71. The number of carbonyl (C=O) groups is 2. The van der Waals surface area contributed by atoms with Crippen LogP contribution in [0.2, 0.25) is 0 Å². The van der Waals surface area contributed by atoms with Crippen molar-refractivity contribution in [3.05, 3.63) is 99.1 Å². The van der Waals surface area contributed by atoms with E-state index in [2.05, 4.69) is 15.7 Å². The quantitative estimate of drug-likeness (QED) is 0.467. The summed E-state index contributed by atoms with van der Waals surface area (Å²) in [6, 6.07) is 17.0. The lowest BCUT2D eigenvalue weighted by atomic mass is 10.1. The van der Waals surface area contributed by atoms with E-state index in [0.717, 1.165) is 40.8 Å². The maximum absolute atomic E-state index is 12.8. The van der Waals surface area contributed by atoms with Gasteiger partial charge in [-0.05, 0) is 67.1 Å². The summed E-state index contributed by atoms with van der Waals surface area (Å²) in [5.41, 5.74) is 5.66. The Balaban J connectivity index is 1.27. The predicted molar refractivity (Wildman–Crippen MR) is 129 cm³/mol. The van der Waals surface area contributed by atoms with E-state index in [4.69, 9.17) is 0 Å². The summed E-state index contributed by atoms with van der Waals surface area (Å²) in [4.78, 5) is 37.9. The van der Waals surface area contributed by atoms with Crippen LogP contribution in [-0.4, -0.2) is 26.0 Å². The Bertz CT molecular complexity index is 1450. The third-order valence-corrected chi connectivity index (χ3v) is 6.09. The number of rotatable bonds is 6. The number of anilines is 1. The molecule has 2 heterocycles. The van der Waals surface area contributed by atoms with Gasteiger partial charge in [-0.15, -0.1) is 5.10 Å². The summed E-state index contributed by atoms with van der Waals surface area (Å²) in [6.07, 6.45) is 4.68. The van der Waals surface area contributed by atoms with Crippen molar-refractivity contribution >= 4 is 23.1 Å². The Labute approximate surface area is 196 Å². The van der Waals surface area contributed by atoms with Crippen LogP contribution in [0.5, 0.6) is 0 Å². The molecule has 2 aromatic heterocycles. The van der Waals surface area contributed by atoms with Crippen molar-refractivity contribution in [2.24, 2.45) is 0 Å². The fraction of sp³-hybridized carbons (Fsp3) is 0.231. The highest BCUT2D eigenvalue weighted by atomic mass is 16.2. The number of fused-ring (bicyclic) bond motifs is 2. The van der Waals surface area contributed by atoms with Crippen molar-refractivity contribution in [2.75, 3.05) is 5.32 Å². The van der Waals surface area contributed by atoms with Gasteiger partial charge in [-0.3, -0.25) is 9.59 Å². The molecule has 2 amide bonds. The second-order valence-corrected chi connectivity index (χ2v) is 8.64. The Morgan fingerprint density at radius 3 is 2.62 bits per heavy atom. The van der Waals surface area contributed by atoms with Gasteiger partial charge in [0.15, 0.2) is 5.65 Å². The third kappa shape index (κ3) is 4.47. The molecule has 1 aliphatic rings. The van der Waals surface area contributed by atoms with Gasteiger partial charge in [-0.25, -0.2) is 13.9 Å². The molecule has 8 nitrogen and oxygen atoms in total. The number of amides is 2. The lowest BCUT2D eigenvalue weighted by Gasteiger charge is -2.07. The third-order valence-electron chi connectivity index (χ3n) is 6.09. The van der Waals surface area contributed by atoms with Crippen LogP contribution in [0.3, 0.4) is 0 Å². The molecule has 2 aromatic carbocycles. The van der Waals surface area contributed by atoms with Gasteiger partial charge in [0.2, 0.25) is 5.91 Å². The van der Waals surface area contributed by atoms with Crippen LogP contribution in [-0.2, 0) is 30.7 Å². The fourth-order valence-electron chi connectivity index (χ4n) is 4.23. The molecular weight excluding hydrogens is 430 g/mol. The smallest absolute Gasteiger partial charge is 0.348 e. The summed E-state index contributed by atoms with van der Waals surface area (Å²) < 4.78 is 2.38. The van der Waals surface area contributed by atoms with Crippen molar-refractivity contribution < 1.29 is 9.59 Å². The summed E-state index contributed by atoms with van der Waals surface area (Å²) in [5.74, 6) is -0.629. The van der Waals surface area contributed by atoms with Crippen LogP contribution in [0.25, 0.3) is 5.65 Å². The van der Waals surface area contributed by atoms with Crippen molar-refractivity contribution in [1.29, 1.82) is 0 Å². The first-order chi connectivity index (χ1) is 16.5. The molecule has 34 heavy (non-hydrogen) atoms. The molecule has 0 radical (unpaired) electrons. The van der Waals surface area contributed by atoms with Crippen molar-refractivity contribution in [2.45, 2.75) is 39.3 Å². The standard InChI is InChI=1S/C26H25N5O3/c1-17-5-7-18(8-6-17)14-27-25(33)21-10-12-23-29-31(26(34)30(23)15-21)16-24(32)28-22-11-9-19-3-2-4-20(19)13-22/h5-13,15H,2-4,14,16H2,1H3,(H,27,33)(H,28,32). The SMILES string of the molecule is Cc1ccc(CNC(=O)c2ccc3nn(CC(=O)Nc4ccc5c(c4)CCC5)c(=O)n3c2)cc1. The van der Waals surface area contributed by atoms with Crippen molar-refractivity contribution in [3.8, 4) is 0 Å². The molecule has 0 saturated heterocycles. The van der Waals surface area contributed by atoms with Gasteiger partial charge in [0, 0.05) is 18.4 Å². The summed E-state index contributed by atoms with van der Waals surface area (Å²) in [7, 11) is 0. The molecule has 0 aliphatic heterocycles. The van der Waals surface area contributed by atoms with Gasteiger partial charge >= 0.3 is 5.69 Å². The zero-order valence-electron chi connectivity index (χ0n) is 18.9. The summed E-state index contributed by atoms with van der Waals surface area (Å²) in [5, 5.41) is 9.93. The topological polar surface area (TPSA) is 97.5 Å².